The Hall–Kier alpha value is -1.37. The molecule has 0 saturated heterocycles. The van der Waals surface area contributed by atoms with Gasteiger partial charge in [-0.15, -0.1) is 11.3 Å². The highest BCUT2D eigenvalue weighted by atomic mass is 32.2. The van der Waals surface area contributed by atoms with Gasteiger partial charge < -0.3 is 4.74 Å². The molecule has 4 nitrogen and oxygen atoms in total. The summed E-state index contributed by atoms with van der Waals surface area (Å²) in [5.41, 5.74) is 0.915. The summed E-state index contributed by atoms with van der Waals surface area (Å²) in [4.78, 5) is 1.49. The minimum absolute atomic E-state index is 0.130. The third-order valence-electron chi connectivity index (χ3n) is 4.02. The van der Waals surface area contributed by atoms with E-state index in [-0.39, 0.29) is 10.9 Å². The predicted molar refractivity (Wildman–Crippen MR) is 92.7 cm³/mol. The Morgan fingerprint density at radius 3 is 2.70 bits per heavy atom. The van der Waals surface area contributed by atoms with Gasteiger partial charge in [0.2, 0.25) is 10.0 Å². The number of rotatable bonds is 7. The van der Waals surface area contributed by atoms with Crippen molar-refractivity contribution >= 4 is 21.4 Å². The van der Waals surface area contributed by atoms with Crippen LogP contribution in [0.5, 0.6) is 5.75 Å². The first-order valence-electron chi connectivity index (χ1n) is 7.71. The van der Waals surface area contributed by atoms with Crippen LogP contribution < -0.4 is 4.74 Å². The van der Waals surface area contributed by atoms with Crippen LogP contribution in [-0.4, -0.2) is 32.4 Å². The van der Waals surface area contributed by atoms with E-state index in [1.165, 1.54) is 12.0 Å². The van der Waals surface area contributed by atoms with Crippen molar-refractivity contribution in [2.24, 2.45) is 0 Å². The summed E-state index contributed by atoms with van der Waals surface area (Å²) >= 11 is 1.67. The Morgan fingerprint density at radius 2 is 2.09 bits per heavy atom. The number of hydrogen-bond donors (Lipinski definition) is 0. The van der Waals surface area contributed by atoms with Crippen molar-refractivity contribution < 1.29 is 13.2 Å². The van der Waals surface area contributed by atoms with E-state index in [2.05, 4.69) is 6.07 Å². The molecule has 1 saturated carbocycles. The fourth-order valence-corrected chi connectivity index (χ4v) is 5.27. The second-order valence-electron chi connectivity index (χ2n) is 5.83. The van der Waals surface area contributed by atoms with Crippen LogP contribution in [-0.2, 0) is 16.4 Å². The second kappa shape index (κ2) is 6.63. The van der Waals surface area contributed by atoms with Gasteiger partial charge in [-0.2, -0.15) is 4.31 Å². The van der Waals surface area contributed by atoms with Gasteiger partial charge in [0.05, 0.1) is 7.11 Å². The lowest BCUT2D eigenvalue weighted by Crippen LogP contribution is -2.35. The molecule has 0 unspecified atom stereocenters. The molecule has 0 atom stereocenters. The summed E-state index contributed by atoms with van der Waals surface area (Å²) in [5.74, 6) is 0.414. The average molecular weight is 351 g/mol. The van der Waals surface area contributed by atoms with Gasteiger partial charge in [0, 0.05) is 17.5 Å². The summed E-state index contributed by atoms with van der Waals surface area (Å²) in [5, 5.41) is 2.02. The number of benzene rings is 1. The van der Waals surface area contributed by atoms with Crippen molar-refractivity contribution in [2.75, 3.05) is 13.7 Å². The van der Waals surface area contributed by atoms with E-state index >= 15 is 0 Å². The molecule has 2 aromatic rings. The molecule has 0 radical (unpaired) electrons. The molecular formula is C17H21NO3S2. The Labute approximate surface area is 141 Å². The van der Waals surface area contributed by atoms with E-state index in [4.69, 9.17) is 4.74 Å². The molecule has 1 aliphatic rings. The zero-order valence-corrected chi connectivity index (χ0v) is 15.0. The largest absolute Gasteiger partial charge is 0.495 e. The summed E-state index contributed by atoms with van der Waals surface area (Å²) in [6.45, 7) is 2.41. The molecule has 0 bridgehead atoms. The van der Waals surface area contributed by atoms with Crippen molar-refractivity contribution in [1.29, 1.82) is 0 Å². The van der Waals surface area contributed by atoms with E-state index < -0.39 is 10.0 Å². The molecule has 1 aliphatic carbocycles. The fraction of sp³-hybridized carbons (Fsp3) is 0.412. The zero-order valence-electron chi connectivity index (χ0n) is 13.4. The summed E-state index contributed by atoms with van der Waals surface area (Å²) in [6.07, 6.45) is 2.64. The first kappa shape index (κ1) is 16.5. The van der Waals surface area contributed by atoms with Crippen LogP contribution in [0.2, 0.25) is 0 Å². The molecule has 0 amide bonds. The lowest BCUT2D eigenvalue weighted by Gasteiger charge is -2.23. The molecule has 6 heteroatoms. The third kappa shape index (κ3) is 3.59. The van der Waals surface area contributed by atoms with Gasteiger partial charge in [0.15, 0.2) is 0 Å². The van der Waals surface area contributed by atoms with Gasteiger partial charge >= 0.3 is 0 Å². The van der Waals surface area contributed by atoms with Crippen LogP contribution in [0.1, 0.15) is 23.3 Å². The van der Waals surface area contributed by atoms with Crippen LogP contribution in [0.4, 0.5) is 0 Å². The van der Waals surface area contributed by atoms with Gasteiger partial charge in [-0.25, -0.2) is 8.42 Å². The molecule has 1 heterocycles. The summed E-state index contributed by atoms with van der Waals surface area (Å²) in [7, 11) is -2.03. The monoisotopic (exact) mass is 351 g/mol. The predicted octanol–water partition coefficient (Wildman–Crippen LogP) is 3.46. The van der Waals surface area contributed by atoms with Gasteiger partial charge in [0.1, 0.15) is 10.6 Å². The fourth-order valence-electron chi connectivity index (χ4n) is 2.65. The topological polar surface area (TPSA) is 46.6 Å². The molecule has 1 aromatic carbocycles. The van der Waals surface area contributed by atoms with Crippen LogP contribution in [0, 0.1) is 6.92 Å². The number of thiophene rings is 1. The first-order valence-corrected chi connectivity index (χ1v) is 10.0. The van der Waals surface area contributed by atoms with E-state index in [0.29, 0.717) is 12.3 Å². The molecule has 1 aromatic heterocycles. The summed E-state index contributed by atoms with van der Waals surface area (Å²) < 4.78 is 33.2. The first-order chi connectivity index (χ1) is 11.0. The van der Waals surface area contributed by atoms with Crippen molar-refractivity contribution in [3.63, 3.8) is 0 Å². The number of aryl methyl sites for hydroxylation is 1. The van der Waals surface area contributed by atoms with Crippen molar-refractivity contribution in [3.05, 3.63) is 46.2 Å². The van der Waals surface area contributed by atoms with Crippen LogP contribution in [0.25, 0.3) is 0 Å². The number of nitrogens with zero attached hydrogens (tertiary/aromatic N) is 1. The molecular weight excluding hydrogens is 330 g/mol. The highest BCUT2D eigenvalue weighted by molar-refractivity contribution is 7.89. The van der Waals surface area contributed by atoms with E-state index in [0.717, 1.165) is 24.8 Å². The standard InChI is InChI=1S/C17H21NO3S2/c1-13-5-8-16(21-2)17(12-13)23(19,20)18(14-6-7-14)10-9-15-4-3-11-22-15/h3-5,8,11-12,14H,6-7,9-10H2,1-2H3. The van der Waals surface area contributed by atoms with Gasteiger partial charge in [0.25, 0.3) is 0 Å². The maximum atomic E-state index is 13.2. The lowest BCUT2D eigenvalue weighted by molar-refractivity contribution is 0.386. The van der Waals surface area contributed by atoms with Gasteiger partial charge in [-0.1, -0.05) is 12.1 Å². The Kier molecular flexibility index (Phi) is 4.75. The summed E-state index contributed by atoms with van der Waals surface area (Å²) in [6, 6.07) is 9.48. The smallest absolute Gasteiger partial charge is 0.247 e. The number of methoxy groups -OCH3 is 1. The van der Waals surface area contributed by atoms with E-state index in [1.807, 2.05) is 24.4 Å². The average Bonchev–Trinajstić information content (AvgIpc) is 3.22. The zero-order chi connectivity index (χ0) is 16.4. The lowest BCUT2D eigenvalue weighted by atomic mass is 10.2. The number of sulfonamides is 1. The molecule has 0 aliphatic heterocycles. The SMILES string of the molecule is COc1ccc(C)cc1S(=O)(=O)N(CCc1cccs1)C1CC1. The third-order valence-corrected chi connectivity index (χ3v) is 6.93. The minimum Gasteiger partial charge on any atom is -0.495 e. The Balaban J connectivity index is 1.90. The molecule has 0 N–H and O–H groups in total. The van der Waals surface area contributed by atoms with Gasteiger partial charge in [-0.3, -0.25) is 0 Å². The van der Waals surface area contributed by atoms with Crippen molar-refractivity contribution in [1.82, 2.24) is 4.31 Å². The number of ether oxygens (including phenoxy) is 1. The van der Waals surface area contributed by atoms with E-state index in [1.54, 1.807) is 27.8 Å². The second-order valence-corrected chi connectivity index (χ2v) is 8.72. The van der Waals surface area contributed by atoms with Crippen LogP contribution >= 0.6 is 11.3 Å². The molecule has 0 spiro atoms. The Bertz CT molecular complexity index is 765. The number of hydrogen-bond acceptors (Lipinski definition) is 4. The van der Waals surface area contributed by atoms with Crippen LogP contribution in [0.3, 0.4) is 0 Å². The maximum Gasteiger partial charge on any atom is 0.247 e. The molecule has 23 heavy (non-hydrogen) atoms. The highest BCUT2D eigenvalue weighted by Crippen LogP contribution is 2.35. The minimum atomic E-state index is -3.54. The molecule has 1 fully saturated rings. The Morgan fingerprint density at radius 1 is 1.30 bits per heavy atom. The normalized spacial score (nSPS) is 15.1. The quantitative estimate of drug-likeness (QED) is 0.767. The van der Waals surface area contributed by atoms with Crippen LogP contribution in [0.15, 0.2) is 40.6 Å². The molecule has 3 rings (SSSR count). The highest BCUT2D eigenvalue weighted by Gasteiger charge is 2.39. The van der Waals surface area contributed by atoms with Crippen molar-refractivity contribution in [2.45, 2.75) is 37.1 Å². The van der Waals surface area contributed by atoms with Gasteiger partial charge in [-0.05, 0) is 55.3 Å². The maximum absolute atomic E-state index is 13.2. The molecule has 124 valence electrons. The van der Waals surface area contributed by atoms with Crippen molar-refractivity contribution in [3.8, 4) is 5.75 Å². The van der Waals surface area contributed by atoms with E-state index in [9.17, 15) is 8.42 Å².